The molecule has 2 saturated carbocycles. The molecule has 102 valence electrons. The second-order valence-corrected chi connectivity index (χ2v) is 5.50. The summed E-state index contributed by atoms with van der Waals surface area (Å²) in [5.41, 5.74) is 0. The van der Waals surface area contributed by atoms with Crippen LogP contribution in [0, 0.1) is 11.8 Å². The predicted molar refractivity (Wildman–Crippen MR) is 64.9 cm³/mol. The highest BCUT2D eigenvalue weighted by Gasteiger charge is 2.38. The summed E-state index contributed by atoms with van der Waals surface area (Å²) < 4.78 is 0. The van der Waals surface area contributed by atoms with Crippen molar-refractivity contribution in [3.8, 4) is 0 Å². The molecule has 2 aliphatic rings. The lowest BCUT2D eigenvalue weighted by molar-refractivity contribution is -0.146. The molecule has 0 spiro atoms. The van der Waals surface area contributed by atoms with Crippen LogP contribution in [-0.4, -0.2) is 34.2 Å². The molecule has 0 aromatic heterocycles. The molecule has 2 rings (SSSR count). The third-order valence-electron chi connectivity index (χ3n) is 4.21. The first-order valence-corrected chi connectivity index (χ1v) is 6.79. The van der Waals surface area contributed by atoms with Crippen LogP contribution in [0.4, 0.5) is 0 Å². The van der Waals surface area contributed by atoms with E-state index in [2.05, 4.69) is 5.32 Å². The van der Waals surface area contributed by atoms with Gasteiger partial charge in [0, 0.05) is 6.04 Å². The maximum atomic E-state index is 12.1. The Hall–Kier alpha value is -1.10. The third kappa shape index (κ3) is 3.02. The monoisotopic (exact) mass is 255 g/mol. The molecule has 5 nitrogen and oxygen atoms in total. The summed E-state index contributed by atoms with van der Waals surface area (Å²) in [4.78, 5) is 23.1. The molecule has 0 saturated heterocycles. The fourth-order valence-electron chi connectivity index (χ4n) is 3.10. The highest BCUT2D eigenvalue weighted by molar-refractivity contribution is 5.85. The van der Waals surface area contributed by atoms with E-state index in [0.717, 1.165) is 32.1 Å². The fourth-order valence-corrected chi connectivity index (χ4v) is 3.10. The Labute approximate surface area is 107 Å². The van der Waals surface area contributed by atoms with Gasteiger partial charge in [-0.25, -0.2) is 0 Å². The van der Waals surface area contributed by atoms with Crippen LogP contribution in [0.1, 0.15) is 44.9 Å². The number of nitrogens with one attached hydrogen (secondary N) is 1. The van der Waals surface area contributed by atoms with Crippen molar-refractivity contribution in [2.24, 2.45) is 11.8 Å². The minimum Gasteiger partial charge on any atom is -0.481 e. The van der Waals surface area contributed by atoms with E-state index in [1.807, 2.05) is 0 Å². The Morgan fingerprint density at radius 2 is 1.56 bits per heavy atom. The van der Waals surface area contributed by atoms with Gasteiger partial charge in [0.1, 0.15) is 0 Å². The molecule has 0 aromatic carbocycles. The minimum atomic E-state index is -0.855. The number of aliphatic hydroxyl groups is 1. The summed E-state index contributed by atoms with van der Waals surface area (Å²) in [6.45, 7) is 0. The molecule has 0 bridgehead atoms. The summed E-state index contributed by atoms with van der Waals surface area (Å²) >= 11 is 0. The zero-order valence-electron chi connectivity index (χ0n) is 10.5. The second-order valence-electron chi connectivity index (χ2n) is 5.50. The summed E-state index contributed by atoms with van der Waals surface area (Å²) in [6, 6.07) is 0.107. The van der Waals surface area contributed by atoms with E-state index >= 15 is 0 Å². The fraction of sp³-hybridized carbons (Fsp3) is 0.846. The first-order chi connectivity index (χ1) is 8.58. The smallest absolute Gasteiger partial charge is 0.307 e. The van der Waals surface area contributed by atoms with Gasteiger partial charge >= 0.3 is 5.97 Å². The van der Waals surface area contributed by atoms with Crippen molar-refractivity contribution < 1.29 is 19.8 Å². The SMILES string of the molecule is O=C(O)[C@H]1CCC[C@H]1C(=O)NC1CCC(O)CC1. The van der Waals surface area contributed by atoms with Crippen LogP contribution in [0.15, 0.2) is 0 Å². The Balaban J connectivity index is 1.86. The van der Waals surface area contributed by atoms with E-state index in [-0.39, 0.29) is 24.0 Å². The standard InChI is InChI=1S/C13H21NO4/c15-9-6-4-8(5-7-9)14-12(16)10-2-1-3-11(10)13(17)18/h8-11,15H,1-7H2,(H,14,16)(H,17,18)/t8?,9?,10-,11+/m1/s1. The van der Waals surface area contributed by atoms with Crippen LogP contribution in [0.5, 0.6) is 0 Å². The molecule has 0 aliphatic heterocycles. The number of carbonyl (C=O) groups excluding carboxylic acids is 1. The van der Waals surface area contributed by atoms with Crippen LogP contribution in [0.25, 0.3) is 0 Å². The average Bonchev–Trinajstić information content (AvgIpc) is 2.81. The molecule has 2 aliphatic carbocycles. The quantitative estimate of drug-likeness (QED) is 0.699. The van der Waals surface area contributed by atoms with Gasteiger partial charge in [-0.05, 0) is 38.5 Å². The van der Waals surface area contributed by atoms with Crippen LogP contribution in [0.2, 0.25) is 0 Å². The zero-order chi connectivity index (χ0) is 13.1. The summed E-state index contributed by atoms with van der Waals surface area (Å²) in [7, 11) is 0. The van der Waals surface area contributed by atoms with Crippen molar-refractivity contribution in [3.63, 3.8) is 0 Å². The van der Waals surface area contributed by atoms with Gasteiger partial charge < -0.3 is 15.5 Å². The number of carbonyl (C=O) groups is 2. The lowest BCUT2D eigenvalue weighted by Gasteiger charge is -2.27. The Morgan fingerprint density at radius 3 is 2.17 bits per heavy atom. The number of aliphatic carboxylic acids is 1. The first-order valence-electron chi connectivity index (χ1n) is 6.79. The van der Waals surface area contributed by atoms with Gasteiger partial charge in [0.25, 0.3) is 0 Å². The van der Waals surface area contributed by atoms with E-state index in [4.69, 9.17) is 5.11 Å². The first kappa shape index (κ1) is 13.3. The number of carboxylic acids is 1. The predicted octanol–water partition coefficient (Wildman–Crippen LogP) is 0.907. The Kier molecular flexibility index (Phi) is 4.22. The van der Waals surface area contributed by atoms with Gasteiger partial charge in [-0.3, -0.25) is 9.59 Å². The highest BCUT2D eigenvalue weighted by Crippen LogP contribution is 2.32. The van der Waals surface area contributed by atoms with E-state index in [0.29, 0.717) is 12.8 Å². The molecule has 0 heterocycles. The normalized spacial score (nSPS) is 36.3. The van der Waals surface area contributed by atoms with E-state index < -0.39 is 11.9 Å². The van der Waals surface area contributed by atoms with Gasteiger partial charge in [-0.1, -0.05) is 6.42 Å². The molecule has 0 aromatic rings. The molecule has 18 heavy (non-hydrogen) atoms. The molecule has 3 N–H and O–H groups in total. The number of amides is 1. The van der Waals surface area contributed by atoms with Crippen molar-refractivity contribution in [2.45, 2.75) is 57.1 Å². The molecule has 0 radical (unpaired) electrons. The summed E-state index contributed by atoms with van der Waals surface area (Å²) in [5.74, 6) is -1.85. The van der Waals surface area contributed by atoms with Crippen LogP contribution in [0.3, 0.4) is 0 Å². The lowest BCUT2D eigenvalue weighted by Crippen LogP contribution is -2.43. The second kappa shape index (κ2) is 5.69. The number of hydrogen-bond acceptors (Lipinski definition) is 3. The number of carboxylic acid groups (broad SMARTS) is 1. The minimum absolute atomic E-state index is 0.107. The Morgan fingerprint density at radius 1 is 0.944 bits per heavy atom. The van der Waals surface area contributed by atoms with Crippen molar-refractivity contribution >= 4 is 11.9 Å². The van der Waals surface area contributed by atoms with Gasteiger partial charge in [0.15, 0.2) is 0 Å². The number of hydrogen-bond donors (Lipinski definition) is 3. The van der Waals surface area contributed by atoms with Crippen molar-refractivity contribution in [2.75, 3.05) is 0 Å². The van der Waals surface area contributed by atoms with Gasteiger partial charge in [0.05, 0.1) is 17.9 Å². The van der Waals surface area contributed by atoms with E-state index in [1.165, 1.54) is 0 Å². The van der Waals surface area contributed by atoms with Crippen LogP contribution < -0.4 is 5.32 Å². The highest BCUT2D eigenvalue weighted by atomic mass is 16.4. The zero-order valence-corrected chi connectivity index (χ0v) is 10.5. The van der Waals surface area contributed by atoms with Gasteiger partial charge in [0.2, 0.25) is 5.91 Å². The largest absolute Gasteiger partial charge is 0.481 e. The summed E-state index contributed by atoms with van der Waals surface area (Å²) in [6.07, 6.45) is 4.88. The maximum Gasteiger partial charge on any atom is 0.307 e. The van der Waals surface area contributed by atoms with Crippen molar-refractivity contribution in [1.29, 1.82) is 0 Å². The van der Waals surface area contributed by atoms with Gasteiger partial charge in [-0.2, -0.15) is 0 Å². The molecule has 2 fully saturated rings. The van der Waals surface area contributed by atoms with E-state index in [9.17, 15) is 14.7 Å². The van der Waals surface area contributed by atoms with Crippen LogP contribution >= 0.6 is 0 Å². The molecule has 2 atom stereocenters. The lowest BCUT2D eigenvalue weighted by atomic mass is 9.91. The van der Waals surface area contributed by atoms with Gasteiger partial charge in [-0.15, -0.1) is 0 Å². The molecule has 1 amide bonds. The molecular formula is C13H21NO4. The molecular weight excluding hydrogens is 234 g/mol. The van der Waals surface area contributed by atoms with Crippen LogP contribution in [-0.2, 0) is 9.59 Å². The average molecular weight is 255 g/mol. The maximum absolute atomic E-state index is 12.1. The Bertz CT molecular complexity index is 323. The molecule has 5 heteroatoms. The third-order valence-corrected chi connectivity index (χ3v) is 4.21. The number of aliphatic hydroxyl groups excluding tert-OH is 1. The summed E-state index contributed by atoms with van der Waals surface area (Å²) in [5, 5.41) is 21.4. The topological polar surface area (TPSA) is 86.6 Å². The van der Waals surface area contributed by atoms with Crippen molar-refractivity contribution in [1.82, 2.24) is 5.32 Å². The number of rotatable bonds is 3. The molecule has 0 unspecified atom stereocenters. The van der Waals surface area contributed by atoms with E-state index in [1.54, 1.807) is 0 Å². The van der Waals surface area contributed by atoms with Crippen molar-refractivity contribution in [3.05, 3.63) is 0 Å².